The summed E-state index contributed by atoms with van der Waals surface area (Å²) >= 11 is 1.58. The number of benzene rings is 1. The quantitative estimate of drug-likeness (QED) is 0.778. The van der Waals surface area contributed by atoms with Crippen molar-refractivity contribution in [1.82, 2.24) is 9.88 Å². The van der Waals surface area contributed by atoms with E-state index in [1.807, 2.05) is 6.07 Å². The first kappa shape index (κ1) is 16.5. The smallest absolute Gasteiger partial charge is 0.137 e. The fourth-order valence-corrected chi connectivity index (χ4v) is 4.18. The van der Waals surface area contributed by atoms with Gasteiger partial charge in [0.15, 0.2) is 0 Å². The molecule has 0 unspecified atom stereocenters. The van der Waals surface area contributed by atoms with Crippen molar-refractivity contribution >= 4 is 27.9 Å². The van der Waals surface area contributed by atoms with Crippen LogP contribution in [0.15, 0.2) is 41.8 Å². The van der Waals surface area contributed by atoms with Crippen LogP contribution in [0.4, 0.5) is 5.82 Å². The second-order valence-corrected chi connectivity index (χ2v) is 7.43. The highest BCUT2D eigenvalue weighted by atomic mass is 32.1. The second-order valence-electron chi connectivity index (χ2n) is 6.43. The van der Waals surface area contributed by atoms with Gasteiger partial charge in [0.2, 0.25) is 0 Å². The number of aromatic nitrogens is 1. The van der Waals surface area contributed by atoms with Gasteiger partial charge in [0.1, 0.15) is 5.82 Å². The third kappa shape index (κ3) is 3.27. The van der Waals surface area contributed by atoms with Crippen molar-refractivity contribution in [3.05, 3.63) is 46.7 Å². The Morgan fingerprint density at radius 1 is 1.12 bits per heavy atom. The zero-order chi connectivity index (χ0) is 17.2. The minimum absolute atomic E-state index is 0.0874. The number of aliphatic hydroxyl groups excluding tert-OH is 1. The molecule has 1 saturated heterocycles. The van der Waals surface area contributed by atoms with E-state index in [1.54, 1.807) is 11.3 Å². The predicted molar refractivity (Wildman–Crippen MR) is 105 cm³/mol. The molecule has 1 aliphatic rings. The minimum Gasteiger partial charge on any atom is -0.391 e. The van der Waals surface area contributed by atoms with Crippen molar-refractivity contribution in [3.63, 3.8) is 0 Å². The molecule has 1 aliphatic heterocycles. The molecule has 4 rings (SSSR count). The number of hydrogen-bond donors (Lipinski definition) is 1. The van der Waals surface area contributed by atoms with Gasteiger partial charge < -0.3 is 14.9 Å². The zero-order valence-electron chi connectivity index (χ0n) is 14.5. The van der Waals surface area contributed by atoms with Gasteiger partial charge in [-0.15, -0.1) is 11.3 Å². The van der Waals surface area contributed by atoms with Crippen molar-refractivity contribution in [1.29, 1.82) is 0 Å². The Morgan fingerprint density at radius 2 is 1.92 bits per heavy atom. The summed E-state index contributed by atoms with van der Waals surface area (Å²) in [5, 5.41) is 13.9. The van der Waals surface area contributed by atoms with Gasteiger partial charge in [0.25, 0.3) is 0 Å². The molecule has 1 aromatic carbocycles. The SMILES string of the molecule is CCN1CCN(c2nc(-c3csc(CO)c3)cc3ccccc23)CC1. The van der Waals surface area contributed by atoms with Crippen LogP contribution in [-0.2, 0) is 6.61 Å². The first-order valence-electron chi connectivity index (χ1n) is 8.84. The molecule has 0 atom stereocenters. The van der Waals surface area contributed by atoms with Gasteiger partial charge in [-0.1, -0.05) is 31.2 Å². The van der Waals surface area contributed by atoms with Crippen LogP contribution in [0.3, 0.4) is 0 Å². The zero-order valence-corrected chi connectivity index (χ0v) is 15.3. The first-order valence-corrected chi connectivity index (χ1v) is 9.72. The molecule has 5 heteroatoms. The fraction of sp³-hybridized carbons (Fsp3) is 0.350. The highest BCUT2D eigenvalue weighted by Crippen LogP contribution is 2.32. The van der Waals surface area contributed by atoms with Crippen molar-refractivity contribution in [2.75, 3.05) is 37.6 Å². The summed E-state index contributed by atoms with van der Waals surface area (Å²) in [7, 11) is 0. The van der Waals surface area contributed by atoms with Crippen LogP contribution in [0.1, 0.15) is 11.8 Å². The lowest BCUT2D eigenvalue weighted by atomic mass is 10.1. The maximum atomic E-state index is 9.35. The number of fused-ring (bicyclic) bond motifs is 1. The number of nitrogens with zero attached hydrogens (tertiary/aromatic N) is 3. The number of anilines is 1. The van der Waals surface area contributed by atoms with Crippen molar-refractivity contribution in [3.8, 4) is 11.3 Å². The lowest BCUT2D eigenvalue weighted by Gasteiger charge is -2.35. The van der Waals surface area contributed by atoms with Gasteiger partial charge in [-0.05, 0) is 24.1 Å². The highest BCUT2D eigenvalue weighted by Gasteiger charge is 2.20. The number of likely N-dealkylation sites (N-methyl/N-ethyl adjacent to an activating group) is 1. The Hall–Kier alpha value is -1.95. The van der Waals surface area contributed by atoms with Gasteiger partial charge in [0, 0.05) is 47.4 Å². The second kappa shape index (κ2) is 7.12. The van der Waals surface area contributed by atoms with E-state index in [2.05, 4.69) is 52.4 Å². The molecule has 0 amide bonds. The third-order valence-corrected chi connectivity index (χ3v) is 5.87. The summed E-state index contributed by atoms with van der Waals surface area (Å²) in [5.41, 5.74) is 2.08. The molecule has 1 N–H and O–H groups in total. The van der Waals surface area contributed by atoms with Crippen LogP contribution in [0.2, 0.25) is 0 Å². The Morgan fingerprint density at radius 3 is 2.64 bits per heavy atom. The van der Waals surface area contributed by atoms with E-state index in [-0.39, 0.29) is 6.61 Å². The van der Waals surface area contributed by atoms with Crippen LogP contribution in [-0.4, -0.2) is 47.7 Å². The average molecular weight is 353 g/mol. The Balaban J connectivity index is 1.76. The molecule has 0 bridgehead atoms. The lowest BCUT2D eigenvalue weighted by molar-refractivity contribution is 0.271. The van der Waals surface area contributed by atoms with E-state index in [0.29, 0.717) is 0 Å². The summed E-state index contributed by atoms with van der Waals surface area (Å²) < 4.78 is 0. The molecular formula is C20H23N3OS. The summed E-state index contributed by atoms with van der Waals surface area (Å²) in [6, 6.07) is 12.7. The largest absolute Gasteiger partial charge is 0.391 e. The van der Waals surface area contributed by atoms with Crippen LogP contribution >= 0.6 is 11.3 Å². The first-order chi connectivity index (χ1) is 12.3. The van der Waals surface area contributed by atoms with Gasteiger partial charge in [-0.2, -0.15) is 0 Å². The number of aliphatic hydroxyl groups is 1. The summed E-state index contributed by atoms with van der Waals surface area (Å²) in [4.78, 5) is 10.9. The number of hydrogen-bond acceptors (Lipinski definition) is 5. The fourth-order valence-electron chi connectivity index (χ4n) is 3.44. The maximum absolute atomic E-state index is 9.35. The molecule has 3 aromatic rings. The predicted octanol–water partition coefficient (Wildman–Crippen LogP) is 3.60. The van der Waals surface area contributed by atoms with Gasteiger partial charge in [-0.3, -0.25) is 0 Å². The maximum Gasteiger partial charge on any atom is 0.137 e. The molecule has 0 radical (unpaired) electrons. The molecule has 2 aromatic heterocycles. The number of rotatable bonds is 4. The number of thiophene rings is 1. The molecule has 4 nitrogen and oxygen atoms in total. The number of piperazine rings is 1. The molecular weight excluding hydrogens is 330 g/mol. The monoisotopic (exact) mass is 353 g/mol. The normalized spacial score (nSPS) is 15.8. The Kier molecular flexibility index (Phi) is 4.70. The van der Waals surface area contributed by atoms with Crippen LogP contribution < -0.4 is 4.90 Å². The topological polar surface area (TPSA) is 39.6 Å². The molecule has 0 spiro atoms. The molecule has 3 heterocycles. The molecule has 1 fully saturated rings. The van der Waals surface area contributed by atoms with Crippen LogP contribution in [0.5, 0.6) is 0 Å². The molecule has 25 heavy (non-hydrogen) atoms. The van der Waals surface area contributed by atoms with Crippen LogP contribution in [0.25, 0.3) is 22.0 Å². The number of pyridine rings is 1. The summed E-state index contributed by atoms with van der Waals surface area (Å²) in [5.74, 6) is 1.08. The van der Waals surface area contributed by atoms with E-state index in [9.17, 15) is 5.11 Å². The highest BCUT2D eigenvalue weighted by molar-refractivity contribution is 7.10. The molecule has 0 saturated carbocycles. The van der Waals surface area contributed by atoms with Crippen molar-refractivity contribution < 1.29 is 5.11 Å². The van der Waals surface area contributed by atoms with E-state index < -0.39 is 0 Å². The molecule has 0 aliphatic carbocycles. The van der Waals surface area contributed by atoms with Gasteiger partial charge >= 0.3 is 0 Å². The van der Waals surface area contributed by atoms with E-state index in [0.717, 1.165) is 54.7 Å². The van der Waals surface area contributed by atoms with Crippen molar-refractivity contribution in [2.45, 2.75) is 13.5 Å². The lowest BCUT2D eigenvalue weighted by Crippen LogP contribution is -2.46. The van der Waals surface area contributed by atoms with E-state index >= 15 is 0 Å². The van der Waals surface area contributed by atoms with Gasteiger partial charge in [0.05, 0.1) is 12.3 Å². The van der Waals surface area contributed by atoms with Crippen molar-refractivity contribution in [2.24, 2.45) is 0 Å². The van der Waals surface area contributed by atoms with Gasteiger partial charge in [-0.25, -0.2) is 4.98 Å². The molecule has 130 valence electrons. The third-order valence-electron chi connectivity index (χ3n) is 4.94. The summed E-state index contributed by atoms with van der Waals surface area (Å²) in [6.45, 7) is 7.62. The Bertz CT molecular complexity index is 868. The standard InChI is InChI=1S/C20H23N3OS/c1-2-22-7-9-23(10-8-22)20-18-6-4-3-5-15(18)12-19(21-20)16-11-17(13-24)25-14-16/h3-6,11-12,14,24H,2,7-10,13H2,1H3. The minimum atomic E-state index is 0.0874. The average Bonchev–Trinajstić information content (AvgIpc) is 3.16. The Labute approximate surface area is 152 Å². The van der Waals surface area contributed by atoms with E-state index in [1.165, 1.54) is 10.8 Å². The van der Waals surface area contributed by atoms with Crippen LogP contribution in [0, 0.1) is 0 Å². The summed E-state index contributed by atoms with van der Waals surface area (Å²) in [6.07, 6.45) is 0. The van der Waals surface area contributed by atoms with E-state index in [4.69, 9.17) is 4.98 Å².